The summed E-state index contributed by atoms with van der Waals surface area (Å²) in [7, 11) is 0. The first-order valence-electron chi connectivity index (χ1n) is 5.33. The quantitative estimate of drug-likeness (QED) is 0.516. The van der Waals surface area contributed by atoms with E-state index in [9.17, 15) is 0 Å². The van der Waals surface area contributed by atoms with Gasteiger partial charge in [-0.25, -0.2) is 0 Å². The molecule has 0 aliphatic carbocycles. The number of amidine groups is 1. The minimum Gasteiger partial charge on any atom is -0.358 e. The number of hydrogen-bond donors (Lipinski definition) is 1. The van der Waals surface area contributed by atoms with Gasteiger partial charge in [0, 0.05) is 19.0 Å². The van der Waals surface area contributed by atoms with Crippen molar-refractivity contribution in [2.75, 3.05) is 6.54 Å². The second kappa shape index (κ2) is 6.01. The van der Waals surface area contributed by atoms with E-state index >= 15 is 0 Å². The Morgan fingerprint density at radius 2 is 1.77 bits per heavy atom. The molecule has 0 aromatic carbocycles. The van der Waals surface area contributed by atoms with Crippen molar-refractivity contribution in [3.8, 4) is 0 Å². The molecule has 2 nitrogen and oxygen atoms in total. The molecule has 0 radical (unpaired) electrons. The van der Waals surface area contributed by atoms with Crippen LogP contribution in [0.3, 0.4) is 0 Å². The molecular weight excluding hydrogens is 160 g/mol. The number of nitrogens with one attached hydrogen (secondary N) is 1. The molecule has 0 heterocycles. The predicted octanol–water partition coefficient (Wildman–Crippen LogP) is 3.13. The topological polar surface area (TPSA) is 27.1 Å². The van der Waals surface area contributed by atoms with Crippen LogP contribution in [-0.4, -0.2) is 23.3 Å². The van der Waals surface area contributed by atoms with Crippen LogP contribution in [-0.2, 0) is 0 Å². The number of rotatable bonds is 5. The third-order valence-corrected chi connectivity index (χ3v) is 2.02. The molecule has 0 saturated carbocycles. The van der Waals surface area contributed by atoms with Crippen molar-refractivity contribution in [2.45, 2.75) is 53.5 Å². The molecular formula is C11H24N2. The lowest BCUT2D eigenvalue weighted by atomic mass is 10.1. The Morgan fingerprint density at radius 3 is 2.08 bits per heavy atom. The average molecular weight is 184 g/mol. The van der Waals surface area contributed by atoms with Gasteiger partial charge in [0.2, 0.25) is 0 Å². The Morgan fingerprint density at radius 1 is 1.23 bits per heavy atom. The Bertz CT molecular complexity index is 150. The average Bonchev–Trinajstić information content (AvgIpc) is 1.99. The van der Waals surface area contributed by atoms with Gasteiger partial charge in [-0.2, -0.15) is 0 Å². The van der Waals surface area contributed by atoms with Crippen LogP contribution in [0.5, 0.6) is 0 Å². The Balaban J connectivity index is 4.15. The van der Waals surface area contributed by atoms with Crippen LogP contribution in [0.1, 0.15) is 47.5 Å². The molecule has 0 aliphatic heterocycles. The van der Waals surface area contributed by atoms with E-state index in [1.165, 1.54) is 0 Å². The minimum atomic E-state index is 0.460. The normalized spacial score (nSPS) is 11.0. The first-order chi connectivity index (χ1) is 5.99. The molecule has 0 atom stereocenters. The van der Waals surface area contributed by atoms with Gasteiger partial charge in [0.15, 0.2) is 0 Å². The summed E-state index contributed by atoms with van der Waals surface area (Å²) in [6, 6.07) is 0.460. The molecule has 1 N–H and O–H groups in total. The highest BCUT2D eigenvalue weighted by Crippen LogP contribution is 2.07. The smallest absolute Gasteiger partial charge is 0.0959 e. The third kappa shape index (κ3) is 4.91. The van der Waals surface area contributed by atoms with E-state index in [-0.39, 0.29) is 0 Å². The zero-order valence-electron chi connectivity index (χ0n) is 9.72. The predicted molar refractivity (Wildman–Crippen MR) is 59.3 cm³/mol. The molecule has 0 saturated heterocycles. The highest BCUT2D eigenvalue weighted by Gasteiger charge is 2.13. The van der Waals surface area contributed by atoms with Crippen LogP contribution in [0, 0.1) is 11.3 Å². The summed E-state index contributed by atoms with van der Waals surface area (Å²) >= 11 is 0. The second-order valence-corrected chi connectivity index (χ2v) is 4.34. The lowest BCUT2D eigenvalue weighted by molar-refractivity contribution is 0.303. The van der Waals surface area contributed by atoms with Crippen molar-refractivity contribution in [1.29, 1.82) is 5.41 Å². The van der Waals surface area contributed by atoms with Crippen LogP contribution in [0.25, 0.3) is 0 Å². The molecule has 0 aromatic heterocycles. The maximum Gasteiger partial charge on any atom is 0.0959 e. The molecule has 0 aromatic rings. The Hall–Kier alpha value is -0.530. The fourth-order valence-electron chi connectivity index (χ4n) is 1.41. The number of hydrogen-bond acceptors (Lipinski definition) is 1. The van der Waals surface area contributed by atoms with E-state index in [1.54, 1.807) is 0 Å². The van der Waals surface area contributed by atoms with E-state index in [1.807, 2.05) is 0 Å². The van der Waals surface area contributed by atoms with Crippen LogP contribution >= 0.6 is 0 Å². The van der Waals surface area contributed by atoms with E-state index in [0.717, 1.165) is 25.2 Å². The largest absolute Gasteiger partial charge is 0.358 e. The second-order valence-electron chi connectivity index (χ2n) is 4.34. The lowest BCUT2D eigenvalue weighted by Crippen LogP contribution is -2.38. The van der Waals surface area contributed by atoms with Gasteiger partial charge in [-0.15, -0.1) is 0 Å². The standard InChI is InChI=1S/C11H24N2/c1-6-7-11(12)13(10(4)5)8-9(2)3/h9-10,12H,6-8H2,1-5H3. The molecule has 0 unspecified atom stereocenters. The first kappa shape index (κ1) is 12.5. The fourth-order valence-corrected chi connectivity index (χ4v) is 1.41. The molecule has 0 aliphatic rings. The van der Waals surface area contributed by atoms with Gasteiger partial charge < -0.3 is 4.90 Å². The minimum absolute atomic E-state index is 0.460. The van der Waals surface area contributed by atoms with Gasteiger partial charge in [-0.1, -0.05) is 20.8 Å². The van der Waals surface area contributed by atoms with Gasteiger partial charge in [0.05, 0.1) is 5.84 Å². The SMILES string of the molecule is CCCC(=N)N(CC(C)C)C(C)C. The summed E-state index contributed by atoms with van der Waals surface area (Å²) in [5.41, 5.74) is 0. The maximum absolute atomic E-state index is 7.90. The van der Waals surface area contributed by atoms with Crippen molar-refractivity contribution >= 4 is 5.84 Å². The summed E-state index contributed by atoms with van der Waals surface area (Å²) in [6.45, 7) is 11.9. The van der Waals surface area contributed by atoms with Crippen molar-refractivity contribution < 1.29 is 0 Å². The monoisotopic (exact) mass is 184 g/mol. The van der Waals surface area contributed by atoms with E-state index in [4.69, 9.17) is 5.41 Å². The van der Waals surface area contributed by atoms with Gasteiger partial charge in [-0.3, -0.25) is 5.41 Å². The Kier molecular flexibility index (Phi) is 5.76. The number of nitrogens with zero attached hydrogens (tertiary/aromatic N) is 1. The van der Waals surface area contributed by atoms with Gasteiger partial charge in [0.1, 0.15) is 0 Å². The van der Waals surface area contributed by atoms with Gasteiger partial charge >= 0.3 is 0 Å². The molecule has 13 heavy (non-hydrogen) atoms. The first-order valence-corrected chi connectivity index (χ1v) is 5.33. The van der Waals surface area contributed by atoms with Crippen LogP contribution < -0.4 is 0 Å². The Labute approximate surface area is 82.8 Å². The zero-order valence-corrected chi connectivity index (χ0v) is 9.72. The molecule has 0 spiro atoms. The molecule has 0 bridgehead atoms. The zero-order chi connectivity index (χ0) is 10.4. The van der Waals surface area contributed by atoms with Gasteiger partial charge in [-0.05, 0) is 26.2 Å². The third-order valence-electron chi connectivity index (χ3n) is 2.02. The van der Waals surface area contributed by atoms with Crippen molar-refractivity contribution in [2.24, 2.45) is 5.92 Å². The molecule has 78 valence electrons. The molecule has 0 rings (SSSR count). The molecule has 0 fully saturated rings. The van der Waals surface area contributed by atoms with E-state index < -0.39 is 0 Å². The van der Waals surface area contributed by atoms with E-state index in [2.05, 4.69) is 39.5 Å². The van der Waals surface area contributed by atoms with Crippen molar-refractivity contribution in [1.82, 2.24) is 4.90 Å². The fraction of sp³-hybridized carbons (Fsp3) is 0.909. The molecule has 0 amide bonds. The summed E-state index contributed by atoms with van der Waals surface area (Å²) in [4.78, 5) is 2.20. The molecule has 2 heteroatoms. The lowest BCUT2D eigenvalue weighted by Gasteiger charge is -2.30. The van der Waals surface area contributed by atoms with Crippen molar-refractivity contribution in [3.05, 3.63) is 0 Å². The maximum atomic E-state index is 7.90. The highest BCUT2D eigenvalue weighted by atomic mass is 15.2. The summed E-state index contributed by atoms with van der Waals surface area (Å²) in [5.74, 6) is 1.44. The van der Waals surface area contributed by atoms with Gasteiger partial charge in [0.25, 0.3) is 0 Å². The van der Waals surface area contributed by atoms with Crippen LogP contribution in [0.15, 0.2) is 0 Å². The summed E-state index contributed by atoms with van der Waals surface area (Å²) < 4.78 is 0. The summed E-state index contributed by atoms with van der Waals surface area (Å²) in [6.07, 6.45) is 1.98. The van der Waals surface area contributed by atoms with Crippen molar-refractivity contribution in [3.63, 3.8) is 0 Å². The van der Waals surface area contributed by atoms with Crippen LogP contribution in [0.2, 0.25) is 0 Å². The summed E-state index contributed by atoms with van der Waals surface area (Å²) in [5, 5.41) is 7.90. The van der Waals surface area contributed by atoms with Crippen LogP contribution in [0.4, 0.5) is 0 Å². The van der Waals surface area contributed by atoms with E-state index in [0.29, 0.717) is 12.0 Å². The highest BCUT2D eigenvalue weighted by molar-refractivity contribution is 5.79.